The third kappa shape index (κ3) is 2.96. The largest absolute Gasteiger partial charge is 0.480 e. The molecule has 2 saturated heterocycles. The van der Waals surface area contributed by atoms with Crippen molar-refractivity contribution in [3.8, 4) is 0 Å². The van der Waals surface area contributed by atoms with Gasteiger partial charge in [-0.05, 0) is 44.5 Å². The molecule has 1 aromatic rings. The maximum atomic E-state index is 13.2. The molecule has 0 aromatic heterocycles. The number of carbonyl (C=O) groups excluding carboxylic acids is 1. The summed E-state index contributed by atoms with van der Waals surface area (Å²) in [5, 5.41) is 12.8. The van der Waals surface area contributed by atoms with E-state index in [2.05, 4.69) is 10.2 Å². The monoisotopic (exact) mass is 353 g/mol. The van der Waals surface area contributed by atoms with E-state index in [0.717, 1.165) is 18.8 Å². The minimum Gasteiger partial charge on any atom is -0.480 e. The molecule has 2 N–H and O–H groups in total. The van der Waals surface area contributed by atoms with Crippen molar-refractivity contribution in [2.24, 2.45) is 0 Å². The number of hydrogen-bond acceptors (Lipinski definition) is 4. The van der Waals surface area contributed by atoms with E-state index in [0.29, 0.717) is 25.9 Å². The van der Waals surface area contributed by atoms with E-state index in [-0.39, 0.29) is 18.3 Å². The summed E-state index contributed by atoms with van der Waals surface area (Å²) in [5.41, 5.74) is 0.362. The predicted octanol–water partition coefficient (Wildman–Crippen LogP) is 1.70. The van der Waals surface area contributed by atoms with Gasteiger partial charge in [-0.2, -0.15) is 0 Å². The summed E-state index contributed by atoms with van der Waals surface area (Å²) >= 11 is 0. The molecule has 0 radical (unpaired) electrons. The topological polar surface area (TPSA) is 72.9 Å². The molecule has 0 bridgehead atoms. The molecule has 7 heteroatoms. The van der Waals surface area contributed by atoms with Crippen molar-refractivity contribution in [3.63, 3.8) is 0 Å². The Labute approximate surface area is 148 Å². The fourth-order valence-corrected chi connectivity index (χ4v) is 3.76. The molecule has 2 fully saturated rings. The van der Waals surface area contributed by atoms with Gasteiger partial charge < -0.3 is 20.2 Å². The molecule has 3 rings (SSSR count). The van der Waals surface area contributed by atoms with Gasteiger partial charge in [-0.15, -0.1) is 12.4 Å². The summed E-state index contributed by atoms with van der Waals surface area (Å²) in [7, 11) is 0. The molecule has 1 amide bonds. The fraction of sp³-hybridized carbons (Fsp3) is 0.529. The molecular weight excluding hydrogens is 330 g/mol. The summed E-state index contributed by atoms with van der Waals surface area (Å²) in [6, 6.07) is 9.06. The third-order valence-electron chi connectivity index (χ3n) is 5.02. The number of benzene rings is 1. The first kappa shape index (κ1) is 18.5. The minimum atomic E-state index is -0.931. The van der Waals surface area contributed by atoms with Crippen LogP contribution >= 0.6 is 12.4 Å². The molecule has 1 aromatic carbocycles. The van der Waals surface area contributed by atoms with Crippen LogP contribution in [0.2, 0.25) is 0 Å². The van der Waals surface area contributed by atoms with Gasteiger partial charge in [0, 0.05) is 5.69 Å². The Kier molecular flexibility index (Phi) is 5.72. The highest BCUT2D eigenvalue weighted by atomic mass is 35.5. The number of para-hydroxylation sites is 1. The SMILES string of the molecule is CCC(C(=O)O)N1CN(c2ccccc2)C2(CCNCC2)C1=O.Cl. The second-order valence-corrected chi connectivity index (χ2v) is 6.22. The maximum Gasteiger partial charge on any atom is 0.326 e. The summed E-state index contributed by atoms with van der Waals surface area (Å²) in [6.07, 6.45) is 1.82. The number of nitrogens with zero attached hydrogens (tertiary/aromatic N) is 2. The number of hydrogen-bond donors (Lipinski definition) is 2. The lowest BCUT2D eigenvalue weighted by molar-refractivity contribution is -0.149. The van der Waals surface area contributed by atoms with Crippen molar-refractivity contribution in [2.75, 3.05) is 24.7 Å². The van der Waals surface area contributed by atoms with E-state index >= 15 is 0 Å². The van der Waals surface area contributed by atoms with Gasteiger partial charge in [-0.1, -0.05) is 25.1 Å². The predicted molar refractivity (Wildman–Crippen MR) is 94.4 cm³/mol. The number of piperidine rings is 1. The second kappa shape index (κ2) is 7.40. The number of carboxylic acid groups (broad SMARTS) is 1. The Morgan fingerprint density at radius 2 is 1.92 bits per heavy atom. The van der Waals surface area contributed by atoms with Crippen LogP contribution in [-0.2, 0) is 9.59 Å². The van der Waals surface area contributed by atoms with Crippen LogP contribution < -0.4 is 10.2 Å². The lowest BCUT2D eigenvalue weighted by Crippen LogP contribution is -2.56. The molecule has 1 spiro atoms. The Morgan fingerprint density at radius 3 is 2.46 bits per heavy atom. The molecule has 1 atom stereocenters. The maximum absolute atomic E-state index is 13.2. The molecule has 24 heavy (non-hydrogen) atoms. The van der Waals surface area contributed by atoms with Crippen LogP contribution in [-0.4, -0.2) is 53.2 Å². The van der Waals surface area contributed by atoms with Crippen LogP contribution in [0.4, 0.5) is 5.69 Å². The number of aliphatic carboxylic acids is 1. The number of nitrogens with one attached hydrogen (secondary N) is 1. The second-order valence-electron chi connectivity index (χ2n) is 6.22. The van der Waals surface area contributed by atoms with Crippen molar-refractivity contribution in [1.29, 1.82) is 0 Å². The summed E-state index contributed by atoms with van der Waals surface area (Å²) < 4.78 is 0. The number of anilines is 1. The van der Waals surface area contributed by atoms with Crippen molar-refractivity contribution in [2.45, 2.75) is 37.8 Å². The molecule has 1 unspecified atom stereocenters. The summed E-state index contributed by atoms with van der Waals surface area (Å²) in [4.78, 5) is 28.4. The third-order valence-corrected chi connectivity index (χ3v) is 5.02. The average molecular weight is 354 g/mol. The number of carbonyl (C=O) groups is 2. The van der Waals surface area contributed by atoms with Crippen molar-refractivity contribution < 1.29 is 14.7 Å². The number of amides is 1. The van der Waals surface area contributed by atoms with E-state index in [1.807, 2.05) is 37.3 Å². The zero-order valence-electron chi connectivity index (χ0n) is 13.8. The Morgan fingerprint density at radius 1 is 1.29 bits per heavy atom. The molecule has 132 valence electrons. The highest BCUT2D eigenvalue weighted by molar-refractivity contribution is 5.96. The van der Waals surface area contributed by atoms with Crippen LogP contribution in [0.25, 0.3) is 0 Å². The highest BCUT2D eigenvalue weighted by Gasteiger charge is 2.54. The zero-order chi connectivity index (χ0) is 16.4. The van der Waals surface area contributed by atoms with E-state index < -0.39 is 17.6 Å². The first-order valence-electron chi connectivity index (χ1n) is 8.17. The van der Waals surface area contributed by atoms with Crippen LogP contribution in [0, 0.1) is 0 Å². The average Bonchev–Trinajstić information content (AvgIpc) is 2.83. The summed E-state index contributed by atoms with van der Waals surface area (Å²) in [5.74, 6) is -0.975. The van der Waals surface area contributed by atoms with Gasteiger partial charge in [0.25, 0.3) is 5.91 Å². The number of rotatable bonds is 4. The van der Waals surface area contributed by atoms with Gasteiger partial charge in [-0.3, -0.25) is 4.79 Å². The number of carboxylic acids is 1. The van der Waals surface area contributed by atoms with Crippen molar-refractivity contribution in [1.82, 2.24) is 10.2 Å². The Hall–Kier alpha value is -1.79. The quantitative estimate of drug-likeness (QED) is 0.862. The first-order valence-corrected chi connectivity index (χ1v) is 8.17. The minimum absolute atomic E-state index is 0. The van der Waals surface area contributed by atoms with Gasteiger partial charge in [0.15, 0.2) is 0 Å². The Bertz CT molecular complexity index is 590. The highest BCUT2D eigenvalue weighted by Crippen LogP contribution is 2.39. The molecule has 6 nitrogen and oxygen atoms in total. The standard InChI is InChI=1S/C17H23N3O3.ClH/c1-2-14(15(21)22)19-12-20(13-6-4-3-5-7-13)17(16(19)23)8-10-18-11-9-17;/h3-7,14,18H,2,8-12H2,1H3,(H,21,22);1H. The number of halogens is 1. The fourth-order valence-electron chi connectivity index (χ4n) is 3.76. The zero-order valence-corrected chi connectivity index (χ0v) is 14.6. The molecule has 0 saturated carbocycles. The van der Waals surface area contributed by atoms with Gasteiger partial charge in [0.05, 0.1) is 6.67 Å². The van der Waals surface area contributed by atoms with Gasteiger partial charge in [-0.25, -0.2) is 4.79 Å². The smallest absolute Gasteiger partial charge is 0.326 e. The lowest BCUT2D eigenvalue weighted by atomic mass is 9.86. The van der Waals surface area contributed by atoms with Crippen LogP contribution in [0.15, 0.2) is 30.3 Å². The van der Waals surface area contributed by atoms with Crippen molar-refractivity contribution >= 4 is 30.0 Å². The van der Waals surface area contributed by atoms with Gasteiger partial charge >= 0.3 is 5.97 Å². The van der Waals surface area contributed by atoms with Crippen LogP contribution in [0.3, 0.4) is 0 Å². The van der Waals surface area contributed by atoms with Crippen LogP contribution in [0.5, 0.6) is 0 Å². The lowest BCUT2D eigenvalue weighted by Gasteiger charge is -2.40. The van der Waals surface area contributed by atoms with Gasteiger partial charge in [0.2, 0.25) is 0 Å². The van der Waals surface area contributed by atoms with Gasteiger partial charge in [0.1, 0.15) is 11.6 Å². The molecular formula is C17H24ClN3O3. The van der Waals surface area contributed by atoms with E-state index in [1.54, 1.807) is 4.90 Å². The first-order chi connectivity index (χ1) is 11.1. The molecule has 0 aliphatic carbocycles. The molecule has 2 heterocycles. The van der Waals surface area contributed by atoms with E-state index in [9.17, 15) is 14.7 Å². The summed E-state index contributed by atoms with van der Waals surface area (Å²) in [6.45, 7) is 3.69. The normalized spacial score (nSPS) is 20.8. The van der Waals surface area contributed by atoms with Crippen molar-refractivity contribution in [3.05, 3.63) is 30.3 Å². The van der Waals surface area contributed by atoms with E-state index in [1.165, 1.54) is 0 Å². The van der Waals surface area contributed by atoms with E-state index in [4.69, 9.17) is 0 Å². The van der Waals surface area contributed by atoms with Crippen LogP contribution in [0.1, 0.15) is 26.2 Å². The Balaban J connectivity index is 0.00000208. The molecule has 2 aliphatic rings. The molecule has 2 aliphatic heterocycles.